The standard InChI is InChI=1S/C11H13N3OS2/c12-10(16)8-1-2-9(13-7-8)11(15)14-3-5-17-6-4-14/h1-2,7H,3-6H2,(H2,12,16). The van der Waals surface area contributed by atoms with Gasteiger partial charge in [0, 0.05) is 36.4 Å². The van der Waals surface area contributed by atoms with Gasteiger partial charge >= 0.3 is 0 Å². The molecule has 4 nitrogen and oxygen atoms in total. The van der Waals surface area contributed by atoms with Crippen molar-refractivity contribution in [2.75, 3.05) is 24.6 Å². The molecule has 0 saturated carbocycles. The van der Waals surface area contributed by atoms with E-state index in [2.05, 4.69) is 4.98 Å². The number of hydrogen-bond acceptors (Lipinski definition) is 4. The first-order valence-electron chi connectivity index (χ1n) is 5.31. The van der Waals surface area contributed by atoms with E-state index in [4.69, 9.17) is 18.0 Å². The number of pyridine rings is 1. The Bertz CT molecular complexity index is 427. The highest BCUT2D eigenvalue weighted by molar-refractivity contribution is 7.99. The summed E-state index contributed by atoms with van der Waals surface area (Å²) >= 11 is 6.71. The number of thioether (sulfide) groups is 1. The molecule has 0 spiro atoms. The molecule has 1 fully saturated rings. The summed E-state index contributed by atoms with van der Waals surface area (Å²) in [7, 11) is 0. The van der Waals surface area contributed by atoms with Crippen LogP contribution in [-0.4, -0.2) is 45.4 Å². The van der Waals surface area contributed by atoms with Crippen molar-refractivity contribution in [3.05, 3.63) is 29.6 Å². The maximum Gasteiger partial charge on any atom is 0.272 e. The van der Waals surface area contributed by atoms with E-state index in [1.54, 1.807) is 18.3 Å². The molecule has 0 unspecified atom stereocenters. The molecule has 1 saturated heterocycles. The first kappa shape index (κ1) is 12.3. The fourth-order valence-electron chi connectivity index (χ4n) is 1.59. The Morgan fingerprint density at radius 2 is 2.12 bits per heavy atom. The highest BCUT2D eigenvalue weighted by Crippen LogP contribution is 2.12. The minimum Gasteiger partial charge on any atom is -0.389 e. The lowest BCUT2D eigenvalue weighted by Crippen LogP contribution is -2.38. The summed E-state index contributed by atoms with van der Waals surface area (Å²) in [5, 5.41) is 0. The zero-order chi connectivity index (χ0) is 12.3. The maximum atomic E-state index is 12.1. The Kier molecular flexibility index (Phi) is 3.96. The third-order valence-electron chi connectivity index (χ3n) is 2.57. The van der Waals surface area contributed by atoms with Crippen LogP contribution in [0.1, 0.15) is 16.1 Å². The van der Waals surface area contributed by atoms with Crippen molar-refractivity contribution in [2.45, 2.75) is 0 Å². The SMILES string of the molecule is NC(=S)c1ccc(C(=O)N2CCSCC2)nc1. The van der Waals surface area contributed by atoms with Crippen molar-refractivity contribution >= 4 is 34.9 Å². The number of carbonyl (C=O) groups is 1. The van der Waals surface area contributed by atoms with Crippen LogP contribution in [0.15, 0.2) is 18.3 Å². The average Bonchev–Trinajstić information content (AvgIpc) is 2.39. The lowest BCUT2D eigenvalue weighted by atomic mass is 10.2. The van der Waals surface area contributed by atoms with Crippen molar-refractivity contribution in [3.63, 3.8) is 0 Å². The largest absolute Gasteiger partial charge is 0.389 e. The molecule has 17 heavy (non-hydrogen) atoms. The monoisotopic (exact) mass is 267 g/mol. The maximum absolute atomic E-state index is 12.1. The molecule has 2 N–H and O–H groups in total. The number of nitrogens with zero attached hydrogens (tertiary/aromatic N) is 2. The minimum absolute atomic E-state index is 0.0141. The Morgan fingerprint density at radius 3 is 2.65 bits per heavy atom. The molecule has 0 radical (unpaired) electrons. The van der Waals surface area contributed by atoms with Gasteiger partial charge in [-0.3, -0.25) is 9.78 Å². The molecule has 0 bridgehead atoms. The Hall–Kier alpha value is -1.14. The second-order valence-electron chi connectivity index (χ2n) is 3.70. The summed E-state index contributed by atoms with van der Waals surface area (Å²) in [6.07, 6.45) is 1.55. The quantitative estimate of drug-likeness (QED) is 0.807. The third-order valence-corrected chi connectivity index (χ3v) is 3.74. The summed E-state index contributed by atoms with van der Waals surface area (Å²) in [5.74, 6) is 1.98. The highest BCUT2D eigenvalue weighted by Gasteiger charge is 2.19. The fourth-order valence-corrected chi connectivity index (χ4v) is 2.62. The number of hydrogen-bond donors (Lipinski definition) is 1. The minimum atomic E-state index is -0.0141. The molecule has 6 heteroatoms. The second kappa shape index (κ2) is 5.46. The van der Waals surface area contributed by atoms with Gasteiger partial charge in [0.2, 0.25) is 0 Å². The summed E-state index contributed by atoms with van der Waals surface area (Å²) in [4.78, 5) is 18.3. The van der Waals surface area contributed by atoms with E-state index >= 15 is 0 Å². The van der Waals surface area contributed by atoms with E-state index in [1.165, 1.54) is 0 Å². The summed E-state index contributed by atoms with van der Waals surface area (Å²) in [6.45, 7) is 1.59. The van der Waals surface area contributed by atoms with Gasteiger partial charge in [0.1, 0.15) is 10.7 Å². The zero-order valence-corrected chi connectivity index (χ0v) is 10.9. The van der Waals surface area contributed by atoms with Gasteiger partial charge in [0.15, 0.2) is 0 Å². The number of aromatic nitrogens is 1. The van der Waals surface area contributed by atoms with Crippen molar-refractivity contribution in [1.82, 2.24) is 9.88 Å². The highest BCUT2D eigenvalue weighted by atomic mass is 32.2. The van der Waals surface area contributed by atoms with E-state index in [0.29, 0.717) is 16.2 Å². The second-order valence-corrected chi connectivity index (χ2v) is 5.37. The van der Waals surface area contributed by atoms with Crippen LogP contribution in [-0.2, 0) is 0 Å². The predicted molar refractivity (Wildman–Crippen MR) is 73.4 cm³/mol. The first-order valence-corrected chi connectivity index (χ1v) is 6.87. The molecule has 2 rings (SSSR count). The lowest BCUT2D eigenvalue weighted by Gasteiger charge is -2.25. The van der Waals surface area contributed by atoms with Crippen LogP contribution >= 0.6 is 24.0 Å². The van der Waals surface area contributed by atoms with Crippen LogP contribution in [0.5, 0.6) is 0 Å². The molecule has 2 heterocycles. The Balaban J connectivity index is 2.10. The summed E-state index contributed by atoms with van der Waals surface area (Å²) < 4.78 is 0. The topological polar surface area (TPSA) is 59.2 Å². The summed E-state index contributed by atoms with van der Waals surface area (Å²) in [5.41, 5.74) is 6.62. The molecular weight excluding hydrogens is 254 g/mol. The number of nitrogens with two attached hydrogens (primary N) is 1. The number of amides is 1. The van der Waals surface area contributed by atoms with Crippen LogP contribution in [0.3, 0.4) is 0 Å². The van der Waals surface area contributed by atoms with Crippen molar-refractivity contribution < 1.29 is 4.79 Å². The molecule has 1 aromatic rings. The van der Waals surface area contributed by atoms with Gasteiger partial charge in [0.25, 0.3) is 5.91 Å². The van der Waals surface area contributed by atoms with Gasteiger partial charge in [-0.2, -0.15) is 11.8 Å². The molecule has 1 aliphatic rings. The molecule has 90 valence electrons. The van der Waals surface area contributed by atoms with Gasteiger partial charge in [-0.1, -0.05) is 12.2 Å². The van der Waals surface area contributed by atoms with E-state index in [-0.39, 0.29) is 5.91 Å². The van der Waals surface area contributed by atoms with Crippen molar-refractivity contribution in [3.8, 4) is 0 Å². The van der Waals surface area contributed by atoms with Crippen LogP contribution in [0.2, 0.25) is 0 Å². The zero-order valence-electron chi connectivity index (χ0n) is 9.26. The van der Waals surface area contributed by atoms with Gasteiger partial charge in [0.05, 0.1) is 0 Å². The van der Waals surface area contributed by atoms with Gasteiger partial charge in [-0.05, 0) is 12.1 Å². The molecule has 1 aromatic heterocycles. The predicted octanol–water partition coefficient (Wildman–Crippen LogP) is 0.905. The normalized spacial score (nSPS) is 15.6. The Labute approximate surface area is 110 Å². The van der Waals surface area contributed by atoms with Gasteiger partial charge in [-0.25, -0.2) is 0 Å². The molecule has 1 amide bonds. The van der Waals surface area contributed by atoms with Crippen LogP contribution in [0.25, 0.3) is 0 Å². The van der Waals surface area contributed by atoms with Crippen molar-refractivity contribution in [2.24, 2.45) is 5.73 Å². The molecule has 0 aliphatic carbocycles. The number of rotatable bonds is 2. The van der Waals surface area contributed by atoms with E-state index in [9.17, 15) is 4.79 Å². The molecule has 0 atom stereocenters. The number of carbonyl (C=O) groups excluding carboxylic acids is 1. The average molecular weight is 267 g/mol. The Morgan fingerprint density at radius 1 is 1.41 bits per heavy atom. The van der Waals surface area contributed by atoms with E-state index in [1.807, 2.05) is 16.7 Å². The van der Waals surface area contributed by atoms with Gasteiger partial charge < -0.3 is 10.6 Å². The van der Waals surface area contributed by atoms with Crippen LogP contribution < -0.4 is 5.73 Å². The van der Waals surface area contributed by atoms with Gasteiger partial charge in [-0.15, -0.1) is 0 Å². The fraction of sp³-hybridized carbons (Fsp3) is 0.364. The molecule has 1 aliphatic heterocycles. The molecular formula is C11H13N3OS2. The van der Waals surface area contributed by atoms with E-state index in [0.717, 1.165) is 24.6 Å². The lowest BCUT2D eigenvalue weighted by molar-refractivity contribution is 0.0766. The third kappa shape index (κ3) is 2.95. The van der Waals surface area contributed by atoms with Crippen LogP contribution in [0, 0.1) is 0 Å². The molecule has 0 aromatic carbocycles. The van der Waals surface area contributed by atoms with Crippen LogP contribution in [0.4, 0.5) is 0 Å². The van der Waals surface area contributed by atoms with Crippen molar-refractivity contribution in [1.29, 1.82) is 0 Å². The summed E-state index contributed by atoms with van der Waals surface area (Å²) in [6, 6.07) is 3.42. The first-order chi connectivity index (χ1) is 8.18. The van der Waals surface area contributed by atoms with E-state index < -0.39 is 0 Å². The smallest absolute Gasteiger partial charge is 0.272 e. The number of thiocarbonyl (C=S) groups is 1.